The fourth-order valence-electron chi connectivity index (χ4n) is 4.29. The zero-order valence-electron chi connectivity index (χ0n) is 21.3. The van der Waals surface area contributed by atoms with Crippen molar-refractivity contribution in [2.24, 2.45) is 5.92 Å². The van der Waals surface area contributed by atoms with E-state index in [0.717, 1.165) is 12.1 Å². The third-order valence-corrected chi connectivity index (χ3v) is 7.58. The maximum absolute atomic E-state index is 14.2. The van der Waals surface area contributed by atoms with Crippen molar-refractivity contribution in [3.05, 3.63) is 101 Å². The summed E-state index contributed by atoms with van der Waals surface area (Å²) in [5, 5.41) is 0.275. The highest BCUT2D eigenvalue weighted by Crippen LogP contribution is 2.32. The number of nitrogens with zero attached hydrogens (tertiary/aromatic N) is 3. The van der Waals surface area contributed by atoms with Gasteiger partial charge in [0.05, 0.1) is 18.0 Å². The summed E-state index contributed by atoms with van der Waals surface area (Å²) >= 11 is 0. The number of hydrogen-bond acceptors (Lipinski definition) is 7. The second-order valence-corrected chi connectivity index (χ2v) is 10.6. The Hall–Kier alpha value is -4.84. The Morgan fingerprint density at radius 3 is 2.62 bits per heavy atom. The number of sulfonamides is 1. The number of ether oxygens (including phenoxy) is 1. The smallest absolute Gasteiger partial charge is 0.267 e. The van der Waals surface area contributed by atoms with Crippen LogP contribution in [0, 0.1) is 17.6 Å². The molecule has 204 valence electrons. The molecule has 1 aliphatic carbocycles. The predicted octanol–water partition coefficient (Wildman–Crippen LogP) is 4.73. The molecule has 3 N–H and O–H groups in total. The van der Waals surface area contributed by atoms with Crippen LogP contribution < -0.4 is 20.8 Å². The fraction of sp³-hybridized carbons (Fsp3) is 0.107. The van der Waals surface area contributed by atoms with Crippen molar-refractivity contribution in [3.8, 4) is 17.0 Å². The van der Waals surface area contributed by atoms with Gasteiger partial charge < -0.3 is 10.5 Å². The monoisotopic (exact) mass is 563 g/mol. The van der Waals surface area contributed by atoms with Crippen molar-refractivity contribution in [2.45, 2.75) is 11.8 Å². The number of pyridine rings is 1. The topological polar surface area (TPSA) is 129 Å². The number of nitrogens with one attached hydrogen (secondary N) is 1. The molecule has 9 nitrogen and oxygen atoms in total. The Labute approximate surface area is 228 Å². The van der Waals surface area contributed by atoms with Crippen LogP contribution in [0.25, 0.3) is 27.7 Å². The molecule has 4 aromatic rings. The molecule has 0 saturated carbocycles. The molecule has 0 aliphatic heterocycles. The Kier molecular flexibility index (Phi) is 6.94. The van der Waals surface area contributed by atoms with Crippen LogP contribution in [-0.2, 0) is 10.0 Å². The highest BCUT2D eigenvalue weighted by Gasteiger charge is 2.22. The number of allylic oxidation sites excluding steroid dienone is 6. The average molecular weight is 564 g/mol. The van der Waals surface area contributed by atoms with Crippen molar-refractivity contribution >= 4 is 38.3 Å². The average Bonchev–Trinajstić information content (AvgIpc) is 3.12. The zero-order valence-corrected chi connectivity index (χ0v) is 22.1. The number of benzene rings is 2. The van der Waals surface area contributed by atoms with E-state index in [1.165, 1.54) is 23.9 Å². The first kappa shape index (κ1) is 26.8. The number of nitrogen functional groups attached to an aromatic ring is 1. The lowest BCUT2D eigenvalue weighted by Crippen LogP contribution is -2.23. The number of rotatable bonds is 6. The molecule has 2 heterocycles. The first-order valence-corrected chi connectivity index (χ1v) is 13.5. The summed E-state index contributed by atoms with van der Waals surface area (Å²) in [6, 6.07) is 8.46. The normalized spacial score (nSPS) is 15.1. The summed E-state index contributed by atoms with van der Waals surface area (Å²) in [7, 11) is -3.18. The van der Waals surface area contributed by atoms with E-state index in [-0.39, 0.29) is 34.4 Å². The second-order valence-electron chi connectivity index (χ2n) is 9.00. The van der Waals surface area contributed by atoms with Crippen LogP contribution in [-0.4, -0.2) is 30.1 Å². The zero-order chi connectivity index (χ0) is 28.6. The summed E-state index contributed by atoms with van der Waals surface area (Å²) in [6.07, 6.45) is 10.8. The highest BCUT2D eigenvalue weighted by atomic mass is 32.2. The molecule has 0 fully saturated rings. The predicted molar refractivity (Wildman–Crippen MR) is 149 cm³/mol. The molecule has 0 saturated heterocycles. The lowest BCUT2D eigenvalue weighted by Gasteiger charge is -2.14. The molecule has 40 heavy (non-hydrogen) atoms. The summed E-state index contributed by atoms with van der Waals surface area (Å²) in [5.41, 5.74) is 7.59. The van der Waals surface area contributed by atoms with E-state index in [2.05, 4.69) is 14.7 Å². The first-order valence-electron chi connectivity index (χ1n) is 12.0. The maximum Gasteiger partial charge on any atom is 0.267 e. The molecule has 0 radical (unpaired) electrons. The van der Waals surface area contributed by atoms with Gasteiger partial charge in [-0.05, 0) is 47.9 Å². The highest BCUT2D eigenvalue weighted by molar-refractivity contribution is 7.92. The van der Waals surface area contributed by atoms with Crippen molar-refractivity contribution < 1.29 is 21.9 Å². The third-order valence-electron chi connectivity index (χ3n) is 6.18. The van der Waals surface area contributed by atoms with Crippen LogP contribution >= 0.6 is 0 Å². The molecule has 0 bridgehead atoms. The molecule has 2 aromatic heterocycles. The Morgan fingerprint density at radius 1 is 1.07 bits per heavy atom. The largest absolute Gasteiger partial charge is 0.480 e. The Balaban J connectivity index is 1.59. The van der Waals surface area contributed by atoms with Crippen LogP contribution in [0.1, 0.15) is 6.92 Å². The standard InChI is InChI=1S/C28H23F2N5O4S/c1-16-5-3-4-6-20(11-16)35-27(36)21-12-17(7-9-23(21)33-28(35)31)18-13-24(26(39-2)32-15-18)34-40(37,38)25-10-8-19(29)14-22(25)30/h3-16,34H,1-2H3,(H2,31,33). The number of fused-ring (bicyclic) bond motifs is 1. The van der Waals surface area contributed by atoms with Gasteiger partial charge in [0.15, 0.2) is 0 Å². The molecular formula is C28H23F2N5O4S. The van der Waals surface area contributed by atoms with E-state index in [0.29, 0.717) is 28.4 Å². The summed E-state index contributed by atoms with van der Waals surface area (Å²) in [5.74, 6) is -2.15. The van der Waals surface area contributed by atoms with Crippen LogP contribution in [0.15, 0.2) is 88.7 Å². The lowest BCUT2D eigenvalue weighted by atomic mass is 10.0. The van der Waals surface area contributed by atoms with Crippen molar-refractivity contribution in [2.75, 3.05) is 17.6 Å². The Bertz CT molecular complexity index is 1920. The van der Waals surface area contributed by atoms with Crippen LogP contribution in [0.2, 0.25) is 0 Å². The van der Waals surface area contributed by atoms with Crippen LogP contribution in [0.4, 0.5) is 20.4 Å². The van der Waals surface area contributed by atoms with E-state index in [1.807, 2.05) is 31.2 Å². The van der Waals surface area contributed by atoms with E-state index < -0.39 is 26.6 Å². The third kappa shape index (κ3) is 5.08. The molecule has 1 unspecified atom stereocenters. The van der Waals surface area contributed by atoms with Crippen molar-refractivity contribution in [1.29, 1.82) is 0 Å². The van der Waals surface area contributed by atoms with Crippen LogP contribution in [0.3, 0.4) is 0 Å². The molecule has 5 rings (SSSR count). The number of hydrogen-bond donors (Lipinski definition) is 2. The summed E-state index contributed by atoms with van der Waals surface area (Å²) < 4.78 is 62.1. The Morgan fingerprint density at radius 2 is 1.88 bits per heavy atom. The second kappa shape index (κ2) is 10.4. The lowest BCUT2D eigenvalue weighted by molar-refractivity contribution is 0.400. The molecule has 0 spiro atoms. The van der Waals surface area contributed by atoms with Gasteiger partial charge in [-0.25, -0.2) is 31.7 Å². The molecule has 12 heteroatoms. The number of nitrogens with two attached hydrogens (primary N) is 1. The van der Waals surface area contributed by atoms with Gasteiger partial charge in [-0.3, -0.25) is 9.52 Å². The SMILES string of the molecule is COc1ncc(-c2ccc3nc(N)n(C4=CC(C)C=CC=C4)c(=O)c3c2)cc1NS(=O)(=O)c1ccc(F)cc1F. The van der Waals surface area contributed by atoms with E-state index >= 15 is 0 Å². The van der Waals surface area contributed by atoms with Gasteiger partial charge in [-0.15, -0.1) is 0 Å². The van der Waals surface area contributed by atoms with E-state index in [4.69, 9.17) is 10.5 Å². The van der Waals surface area contributed by atoms with Gasteiger partial charge in [0, 0.05) is 23.5 Å². The minimum absolute atomic E-state index is 0.0334. The number of methoxy groups -OCH3 is 1. The van der Waals surface area contributed by atoms with Gasteiger partial charge in [-0.1, -0.05) is 37.3 Å². The molecule has 1 aliphatic rings. The van der Waals surface area contributed by atoms with Gasteiger partial charge >= 0.3 is 0 Å². The molecular weight excluding hydrogens is 540 g/mol. The van der Waals surface area contributed by atoms with Gasteiger partial charge in [0.25, 0.3) is 15.6 Å². The first-order chi connectivity index (χ1) is 19.1. The van der Waals surface area contributed by atoms with Crippen molar-refractivity contribution in [1.82, 2.24) is 14.5 Å². The van der Waals surface area contributed by atoms with Crippen molar-refractivity contribution in [3.63, 3.8) is 0 Å². The summed E-state index contributed by atoms with van der Waals surface area (Å²) in [4.78, 5) is 21.4. The number of aromatic nitrogens is 3. The van der Waals surface area contributed by atoms with Gasteiger partial charge in [0.2, 0.25) is 11.8 Å². The minimum Gasteiger partial charge on any atom is -0.480 e. The fourth-order valence-corrected chi connectivity index (χ4v) is 5.40. The van der Waals surface area contributed by atoms with E-state index in [9.17, 15) is 22.0 Å². The molecule has 1 atom stereocenters. The van der Waals surface area contributed by atoms with Gasteiger partial charge in [0.1, 0.15) is 22.2 Å². The summed E-state index contributed by atoms with van der Waals surface area (Å²) in [6.45, 7) is 1.98. The minimum atomic E-state index is -4.47. The van der Waals surface area contributed by atoms with Crippen LogP contribution in [0.5, 0.6) is 5.88 Å². The molecule has 2 aromatic carbocycles. The number of anilines is 2. The van der Waals surface area contributed by atoms with E-state index in [1.54, 1.807) is 24.3 Å². The molecule has 0 amide bonds. The van der Waals surface area contributed by atoms with Gasteiger partial charge in [-0.2, -0.15) is 0 Å². The number of halogens is 2. The quantitative estimate of drug-likeness (QED) is 0.347. The maximum atomic E-state index is 14.2.